The van der Waals surface area contributed by atoms with Crippen LogP contribution >= 0.6 is 0 Å². The van der Waals surface area contributed by atoms with Crippen LogP contribution in [0, 0.1) is 0 Å². The fourth-order valence-electron chi connectivity index (χ4n) is 2.80. The van der Waals surface area contributed by atoms with E-state index in [0.29, 0.717) is 23.2 Å². The SMILES string of the molecule is CN(Cc1ccc(C(F)(F)F)cc1)c1ccc2cc(C(=O)O)c(=O)oc2c1.NC(CO)(CO)CO. The van der Waals surface area contributed by atoms with Crippen molar-refractivity contribution in [3.63, 3.8) is 0 Å². The number of aromatic carboxylic acids is 1. The maximum atomic E-state index is 12.6. The number of rotatable bonds is 7. The molecule has 9 nitrogen and oxygen atoms in total. The van der Waals surface area contributed by atoms with E-state index < -0.39 is 54.3 Å². The molecule has 6 N–H and O–H groups in total. The Kier molecular flexibility index (Phi) is 8.99. The summed E-state index contributed by atoms with van der Waals surface area (Å²) in [6, 6.07) is 11.0. The molecule has 0 bridgehead atoms. The number of carbonyl (C=O) groups is 1. The van der Waals surface area contributed by atoms with Crippen molar-refractivity contribution in [1.82, 2.24) is 0 Å². The molecule has 1 heterocycles. The normalized spacial score (nSPS) is 11.7. The Morgan fingerprint density at radius 2 is 1.57 bits per heavy atom. The van der Waals surface area contributed by atoms with E-state index in [9.17, 15) is 22.8 Å². The highest BCUT2D eigenvalue weighted by molar-refractivity contribution is 5.92. The third-order valence-corrected chi connectivity index (χ3v) is 5.04. The van der Waals surface area contributed by atoms with Crippen LogP contribution in [0.25, 0.3) is 11.0 Å². The molecule has 3 aromatic rings. The van der Waals surface area contributed by atoms with E-state index in [2.05, 4.69) is 0 Å². The van der Waals surface area contributed by atoms with Gasteiger partial charge in [-0.25, -0.2) is 9.59 Å². The first kappa shape index (κ1) is 27.8. The van der Waals surface area contributed by atoms with Gasteiger partial charge in [0.2, 0.25) is 0 Å². The van der Waals surface area contributed by atoms with Crippen molar-refractivity contribution in [1.29, 1.82) is 0 Å². The molecule has 35 heavy (non-hydrogen) atoms. The summed E-state index contributed by atoms with van der Waals surface area (Å²) < 4.78 is 42.9. The first-order chi connectivity index (χ1) is 16.3. The monoisotopic (exact) mass is 498 g/mol. The van der Waals surface area contributed by atoms with E-state index in [1.54, 1.807) is 30.1 Å². The van der Waals surface area contributed by atoms with Gasteiger partial charge in [0.15, 0.2) is 0 Å². The van der Waals surface area contributed by atoms with Crippen molar-refractivity contribution >= 4 is 22.6 Å². The van der Waals surface area contributed by atoms with E-state index in [1.165, 1.54) is 18.2 Å². The molecule has 1 aromatic heterocycles. The van der Waals surface area contributed by atoms with E-state index in [-0.39, 0.29) is 5.58 Å². The third kappa shape index (κ3) is 7.26. The Balaban J connectivity index is 0.000000466. The predicted octanol–water partition coefficient (Wildman–Crippen LogP) is 1.81. The van der Waals surface area contributed by atoms with E-state index >= 15 is 0 Å². The van der Waals surface area contributed by atoms with Gasteiger partial charge < -0.3 is 35.5 Å². The first-order valence-electron chi connectivity index (χ1n) is 10.1. The van der Waals surface area contributed by atoms with Gasteiger partial charge in [-0.2, -0.15) is 13.2 Å². The number of carboxylic acid groups (broad SMARTS) is 1. The summed E-state index contributed by atoms with van der Waals surface area (Å²) in [6.45, 7) is -0.874. The zero-order chi connectivity index (χ0) is 26.4. The number of carboxylic acids is 1. The average Bonchev–Trinajstić information content (AvgIpc) is 2.82. The highest BCUT2D eigenvalue weighted by Crippen LogP contribution is 2.29. The number of fused-ring (bicyclic) bond motifs is 1. The van der Waals surface area contributed by atoms with Gasteiger partial charge in [0.1, 0.15) is 11.1 Å². The smallest absolute Gasteiger partial charge is 0.416 e. The number of aliphatic hydroxyl groups excluding tert-OH is 3. The standard InChI is InChI=1S/C19H14F3NO4.C4H11NO3/c1-23(10-11-2-5-13(6-3-11)19(20,21)22)14-7-4-12-8-15(17(24)25)18(26)27-16(12)9-14;5-4(1-6,2-7)3-8/h2-9H,10H2,1H3,(H,24,25);6-8H,1-3,5H2. The lowest BCUT2D eigenvalue weighted by Gasteiger charge is -2.20. The maximum absolute atomic E-state index is 12.6. The second kappa shape index (κ2) is 11.3. The van der Waals surface area contributed by atoms with Crippen molar-refractivity contribution in [3.8, 4) is 0 Å². The summed E-state index contributed by atoms with van der Waals surface area (Å²) in [5, 5.41) is 34.4. The number of aliphatic hydroxyl groups is 3. The van der Waals surface area contributed by atoms with Gasteiger partial charge in [0, 0.05) is 30.7 Å². The van der Waals surface area contributed by atoms with Gasteiger partial charge in [0.25, 0.3) is 0 Å². The Morgan fingerprint density at radius 3 is 2.03 bits per heavy atom. The van der Waals surface area contributed by atoms with Crippen molar-refractivity contribution in [2.75, 3.05) is 31.8 Å². The fourth-order valence-corrected chi connectivity index (χ4v) is 2.80. The minimum absolute atomic E-state index is 0.224. The predicted molar refractivity (Wildman–Crippen MR) is 121 cm³/mol. The number of hydrogen-bond acceptors (Lipinski definition) is 8. The molecule has 0 aliphatic heterocycles. The highest BCUT2D eigenvalue weighted by atomic mass is 19.4. The molecule has 0 unspecified atom stereocenters. The van der Waals surface area contributed by atoms with Gasteiger partial charge in [-0.05, 0) is 35.9 Å². The average molecular weight is 498 g/mol. The molecule has 0 fully saturated rings. The van der Waals surface area contributed by atoms with Crippen LogP contribution in [-0.4, -0.2) is 58.8 Å². The molecule has 0 saturated carbocycles. The number of anilines is 1. The summed E-state index contributed by atoms with van der Waals surface area (Å²) >= 11 is 0. The maximum Gasteiger partial charge on any atom is 0.416 e. The number of halogens is 3. The molecule has 190 valence electrons. The summed E-state index contributed by atoms with van der Waals surface area (Å²) in [7, 11) is 1.74. The number of alkyl halides is 3. The van der Waals surface area contributed by atoms with Crippen LogP contribution in [0.15, 0.2) is 57.7 Å². The van der Waals surface area contributed by atoms with Crippen molar-refractivity contribution in [3.05, 3.63) is 75.6 Å². The zero-order valence-corrected chi connectivity index (χ0v) is 18.6. The minimum Gasteiger partial charge on any atom is -0.477 e. The van der Waals surface area contributed by atoms with Gasteiger partial charge >= 0.3 is 17.8 Å². The lowest BCUT2D eigenvalue weighted by molar-refractivity contribution is -0.137. The lowest BCUT2D eigenvalue weighted by atomic mass is 10.1. The second-order valence-corrected chi connectivity index (χ2v) is 7.86. The molecule has 0 atom stereocenters. The summed E-state index contributed by atoms with van der Waals surface area (Å²) in [6.07, 6.45) is -4.38. The Labute approximate surface area is 197 Å². The van der Waals surface area contributed by atoms with Crippen molar-refractivity contribution in [2.24, 2.45) is 5.73 Å². The summed E-state index contributed by atoms with van der Waals surface area (Å²) in [5.74, 6) is -1.37. The van der Waals surface area contributed by atoms with Crippen molar-refractivity contribution in [2.45, 2.75) is 18.3 Å². The topological polar surface area (TPSA) is 157 Å². The van der Waals surface area contributed by atoms with Crippen LogP contribution in [0.4, 0.5) is 18.9 Å². The van der Waals surface area contributed by atoms with Gasteiger partial charge in [-0.15, -0.1) is 0 Å². The molecular formula is C23H25F3N2O7. The molecule has 0 aliphatic carbocycles. The zero-order valence-electron chi connectivity index (χ0n) is 18.6. The number of hydrogen-bond donors (Lipinski definition) is 5. The Morgan fingerprint density at radius 1 is 1.00 bits per heavy atom. The summed E-state index contributed by atoms with van der Waals surface area (Å²) in [4.78, 5) is 24.5. The molecule has 0 radical (unpaired) electrons. The van der Waals surface area contributed by atoms with E-state index in [4.69, 9.17) is 30.6 Å². The molecule has 0 spiro atoms. The van der Waals surface area contributed by atoms with Crippen LogP contribution < -0.4 is 16.3 Å². The molecule has 3 rings (SSSR count). The third-order valence-electron chi connectivity index (χ3n) is 5.04. The molecule has 0 amide bonds. The van der Waals surface area contributed by atoms with Crippen LogP contribution in [0.3, 0.4) is 0 Å². The molecule has 0 aliphatic rings. The van der Waals surface area contributed by atoms with Crippen molar-refractivity contribution < 1.29 is 42.8 Å². The lowest BCUT2D eigenvalue weighted by Crippen LogP contribution is -2.50. The number of nitrogens with two attached hydrogens (primary N) is 1. The molecular weight excluding hydrogens is 473 g/mol. The van der Waals surface area contributed by atoms with E-state index in [0.717, 1.165) is 12.1 Å². The van der Waals surface area contributed by atoms with Gasteiger partial charge in [-0.1, -0.05) is 12.1 Å². The number of benzene rings is 2. The van der Waals surface area contributed by atoms with Crippen LogP contribution in [-0.2, 0) is 12.7 Å². The molecule has 0 saturated heterocycles. The Bertz CT molecular complexity index is 1200. The number of nitrogens with zero attached hydrogens (tertiary/aromatic N) is 1. The fraction of sp³-hybridized carbons (Fsp3) is 0.304. The molecule has 2 aromatic carbocycles. The Hall–Kier alpha value is -3.45. The first-order valence-corrected chi connectivity index (χ1v) is 10.1. The van der Waals surface area contributed by atoms with Gasteiger partial charge in [0.05, 0.1) is 30.9 Å². The minimum atomic E-state index is -4.38. The summed E-state index contributed by atoms with van der Waals surface area (Å²) in [5.41, 5.74) is 3.39. The second-order valence-electron chi connectivity index (χ2n) is 7.86. The van der Waals surface area contributed by atoms with Crippen LogP contribution in [0.1, 0.15) is 21.5 Å². The quantitative estimate of drug-likeness (QED) is 0.306. The largest absolute Gasteiger partial charge is 0.477 e. The van der Waals surface area contributed by atoms with Crippen LogP contribution in [0.5, 0.6) is 0 Å². The van der Waals surface area contributed by atoms with Gasteiger partial charge in [-0.3, -0.25) is 0 Å². The molecule has 12 heteroatoms. The highest BCUT2D eigenvalue weighted by Gasteiger charge is 2.30. The van der Waals surface area contributed by atoms with E-state index in [1.807, 2.05) is 0 Å². The van der Waals surface area contributed by atoms with Crippen LogP contribution in [0.2, 0.25) is 0 Å².